The van der Waals surface area contributed by atoms with Crippen LogP contribution in [0.4, 0.5) is 21.0 Å². The lowest BCUT2D eigenvalue weighted by Gasteiger charge is -2.31. The van der Waals surface area contributed by atoms with Crippen LogP contribution >= 0.6 is 0 Å². The number of nitrogens with zero attached hydrogens (tertiary/aromatic N) is 5. The van der Waals surface area contributed by atoms with Crippen molar-refractivity contribution in [1.82, 2.24) is 30.7 Å². The average Bonchev–Trinajstić information content (AvgIpc) is 1.60. The number of unbranched alkanes of at least 4 members (excludes halogenated alkanes) is 2. The summed E-state index contributed by atoms with van der Waals surface area (Å²) in [6.45, 7) is 20.6. The molecule has 0 unspecified atom stereocenters. The van der Waals surface area contributed by atoms with Gasteiger partial charge in [0.2, 0.25) is 17.7 Å². The first-order valence-corrected chi connectivity index (χ1v) is 47.7. The average molecular weight is 1960 g/mol. The van der Waals surface area contributed by atoms with Crippen LogP contribution in [0.1, 0.15) is 165 Å². The van der Waals surface area contributed by atoms with E-state index in [4.69, 9.17) is 75.8 Å². The minimum absolute atomic E-state index is 0. The van der Waals surface area contributed by atoms with Gasteiger partial charge in [-0.25, -0.2) is 19.4 Å². The van der Waals surface area contributed by atoms with Gasteiger partial charge in [0.25, 0.3) is 23.6 Å². The van der Waals surface area contributed by atoms with Crippen LogP contribution in [0.2, 0.25) is 0 Å². The Morgan fingerprint density at radius 3 is 1.14 bits per heavy atom. The maximum absolute atomic E-state index is 14.5. The number of anilines is 2. The highest BCUT2D eigenvalue weighted by molar-refractivity contribution is 6.13. The number of aliphatic hydroxyl groups excluding tert-OH is 2. The molecule has 39 heteroatoms. The number of imide groups is 1. The Hall–Kier alpha value is -11.5. The van der Waals surface area contributed by atoms with E-state index in [0.29, 0.717) is 147 Å². The maximum atomic E-state index is 14.5. The number of methoxy groups -OCH3 is 3. The van der Waals surface area contributed by atoms with E-state index < -0.39 is 96.1 Å². The molecule has 4 aromatic carbocycles. The summed E-state index contributed by atoms with van der Waals surface area (Å²) < 4.78 is 90.5. The number of carbonyl (C=O) groups excluding carboxylic acids is 13. The predicted octanol–water partition coefficient (Wildman–Crippen LogP) is 8.71. The number of ketones is 4. The number of carbonyl (C=O) groups is 13. The number of rotatable bonds is 66. The molecule has 9 rings (SSSR count). The normalized spacial score (nSPS) is 16.9. The van der Waals surface area contributed by atoms with Crippen molar-refractivity contribution in [3.8, 4) is 23.0 Å². The summed E-state index contributed by atoms with van der Waals surface area (Å²) in [4.78, 5) is 179. The highest BCUT2D eigenvalue weighted by atomic mass is 16.6. The van der Waals surface area contributed by atoms with Gasteiger partial charge in [0.1, 0.15) is 24.8 Å². The Morgan fingerprint density at radius 2 is 0.779 bits per heavy atom. The largest absolute Gasteiger partial charge is 0.493 e. The molecule has 5 aliphatic rings. The quantitative estimate of drug-likeness (QED) is 0.0204. The third-order valence-corrected chi connectivity index (χ3v) is 23.9. The third-order valence-electron chi connectivity index (χ3n) is 23.9. The fraction of sp³-hybridized carbons (Fsp3) is 0.574. The molecule has 0 saturated carbocycles. The van der Waals surface area contributed by atoms with E-state index in [2.05, 4.69) is 16.0 Å². The summed E-state index contributed by atoms with van der Waals surface area (Å²) >= 11 is 0. The van der Waals surface area contributed by atoms with E-state index in [1.807, 2.05) is 41.5 Å². The molecule has 0 spiro atoms. The molecule has 9 amide bonds. The highest BCUT2D eigenvalue weighted by Crippen LogP contribution is 2.45. The Kier molecular flexibility index (Phi) is 47.0. The van der Waals surface area contributed by atoms with E-state index in [1.165, 1.54) is 60.4 Å². The van der Waals surface area contributed by atoms with Crippen LogP contribution in [0.25, 0.3) is 0 Å². The molecule has 5 N–H and O–H groups in total. The maximum Gasteiger partial charge on any atom is 0.416 e. The van der Waals surface area contributed by atoms with Crippen molar-refractivity contribution in [1.29, 1.82) is 0 Å². The van der Waals surface area contributed by atoms with Crippen molar-refractivity contribution < 1.29 is 151 Å². The van der Waals surface area contributed by atoms with Crippen LogP contribution < -0.4 is 44.7 Å². The molecule has 140 heavy (non-hydrogen) atoms. The first kappa shape index (κ1) is 112. The predicted molar refractivity (Wildman–Crippen MR) is 512 cm³/mol. The number of hydrogen-bond acceptors (Lipinski definition) is 31. The van der Waals surface area contributed by atoms with Crippen LogP contribution in [0, 0.1) is 23.7 Å². The van der Waals surface area contributed by atoms with Crippen LogP contribution in [-0.2, 0) is 126 Å². The lowest BCUT2D eigenvalue weighted by atomic mass is 9.88. The zero-order chi connectivity index (χ0) is 101. The fourth-order valence-electron chi connectivity index (χ4n) is 15.9. The van der Waals surface area contributed by atoms with Crippen molar-refractivity contribution in [2.75, 3.05) is 183 Å². The minimum Gasteiger partial charge on any atom is -0.493 e. The summed E-state index contributed by atoms with van der Waals surface area (Å²) in [5, 5.41) is 32.5. The fourth-order valence-corrected chi connectivity index (χ4v) is 15.9. The van der Waals surface area contributed by atoms with Gasteiger partial charge < -0.3 is 112 Å². The summed E-state index contributed by atoms with van der Waals surface area (Å²) in [7, 11) is 4.37. The molecular weight excluding hydrogens is 1820 g/mol. The van der Waals surface area contributed by atoms with E-state index in [9.17, 15) is 72.5 Å². The molecule has 8 atom stereocenters. The van der Waals surface area contributed by atoms with Gasteiger partial charge in [-0.3, -0.25) is 57.6 Å². The van der Waals surface area contributed by atoms with Crippen LogP contribution in [-0.4, -0.2) is 311 Å². The van der Waals surface area contributed by atoms with E-state index in [-0.39, 0.29) is 206 Å². The molecule has 0 saturated heterocycles. The molecule has 0 radical (unpaired) electrons. The molecule has 4 aromatic rings. The number of benzene rings is 4. The Balaban J connectivity index is 0.0000137. The second kappa shape index (κ2) is 58.7. The Bertz CT molecular complexity index is 4870. The van der Waals surface area contributed by atoms with Gasteiger partial charge in [0.15, 0.2) is 47.0 Å². The molecule has 5 aliphatic heterocycles. The first-order valence-electron chi connectivity index (χ1n) is 47.7. The van der Waals surface area contributed by atoms with Gasteiger partial charge in [-0.1, -0.05) is 87.4 Å². The zero-order valence-electron chi connectivity index (χ0n) is 82.1. The number of ether oxygens (including phenoxy) is 16. The third kappa shape index (κ3) is 34.8. The molecule has 0 fully saturated rings. The number of nitrogens with one attached hydrogen (secondary N) is 3. The van der Waals surface area contributed by atoms with Crippen LogP contribution in [0.15, 0.2) is 108 Å². The molecule has 0 aliphatic carbocycles. The van der Waals surface area contributed by atoms with Crippen LogP contribution in [0.5, 0.6) is 23.0 Å². The van der Waals surface area contributed by atoms with Crippen molar-refractivity contribution in [3.63, 3.8) is 0 Å². The summed E-state index contributed by atoms with van der Waals surface area (Å²) in [6, 6.07) is 15.9. The van der Waals surface area contributed by atoms with Crippen molar-refractivity contribution in [3.05, 3.63) is 142 Å². The van der Waals surface area contributed by atoms with Crippen molar-refractivity contribution in [2.24, 2.45) is 23.7 Å². The van der Waals surface area contributed by atoms with Crippen LogP contribution in [0.3, 0.4) is 0 Å². The van der Waals surface area contributed by atoms with E-state index in [1.54, 1.807) is 81.9 Å². The van der Waals surface area contributed by atoms with Gasteiger partial charge >= 0.3 is 12.2 Å². The second-order valence-electron chi connectivity index (χ2n) is 35.2. The SMILES string of the molecule is COCCOCCC(=O)C[C@H](C(=O)N[C@@H](C)C(=O)Cc1ccc(COC(=O)N2c3cc(OCCCCCOc4cc5c(cc4OC)C(=O)N4C=C(C)C[C@H]4[C@H](O)N5C(=O)OCc4ccc(CC(=O)[C@H](C)NC(=O)[C@@H](CC(=O)CCOCCOCCOCCOCCOCCOCCOCCOCCNC(=O)CCN5C(=O)C=CC5=O)C(C)C)cc4)c(OC)cc3C(=O)N3C=C(C)C[C@H]3[C@@H]2O)cc1)C(C)C.[HH].[HH]. The lowest BCUT2D eigenvalue weighted by molar-refractivity contribution is -0.137. The topological polar surface area (TPSA) is 462 Å². The number of hydrogen-bond donors (Lipinski definition) is 5. The standard InChI is InChI=1S/C101H138N8O31.2H2/c1-65(2)77(55-75(110)26-32-128-36-35-125-9)94(117)103-69(7)85(112)53-71-15-19-73(20-16-71)63-139-100(123)108-81-59-89(87(126-10)57-79(81)96(119)106-61-67(5)51-83(106)98(108)121)137-30-13-12-14-31-138-90-60-82-80(58-88(90)127-11)97(120)107-62-68(6)52-84(107)99(122)109(82)101(124)140-64-74-21-17-72(18-22-74)54-86(113)70(8)104-95(118)78(66(3)4)56-76(111)27-33-129-37-39-131-41-43-133-45-47-135-49-50-136-48-46-134-44-42-132-40-38-130-34-28-102-91(114)25-29-105-92(115)23-24-93(105)116;;/h15-24,57-62,65-66,69-70,77-78,83-84,98-99,121-122H,12-14,25-56,63-64H2,1-11H3,(H,102,114)(H,103,117)(H,104,118);2*1H/t69-,70-,77-,78-,83-,84-,98-,99-;;/m0../s1. The summed E-state index contributed by atoms with van der Waals surface area (Å²) in [5.41, 5.74) is 4.01. The monoisotopic (exact) mass is 1960 g/mol. The summed E-state index contributed by atoms with van der Waals surface area (Å²) in [5.74, 6) is -4.82. The molecule has 772 valence electrons. The van der Waals surface area contributed by atoms with Crippen molar-refractivity contribution in [2.45, 2.75) is 182 Å². The van der Waals surface area contributed by atoms with E-state index in [0.717, 1.165) is 25.8 Å². The van der Waals surface area contributed by atoms with Crippen molar-refractivity contribution >= 4 is 88.0 Å². The molecule has 0 bridgehead atoms. The number of fused-ring (bicyclic) bond motifs is 4. The first-order chi connectivity index (χ1) is 67.4. The van der Waals surface area contributed by atoms with Gasteiger partial charge in [-0.2, -0.15) is 0 Å². The van der Waals surface area contributed by atoms with Gasteiger partial charge in [-0.15, -0.1) is 0 Å². The van der Waals surface area contributed by atoms with Gasteiger partial charge in [0, 0.05) is 117 Å². The number of amides is 9. The van der Waals surface area contributed by atoms with E-state index >= 15 is 0 Å². The zero-order valence-corrected chi connectivity index (χ0v) is 82.1. The Labute approximate surface area is 820 Å². The smallest absolute Gasteiger partial charge is 0.416 e. The molecule has 5 heterocycles. The van der Waals surface area contributed by atoms with Gasteiger partial charge in [0.05, 0.1) is 200 Å². The molecule has 0 aromatic heterocycles. The summed E-state index contributed by atoms with van der Waals surface area (Å²) in [6.07, 6.45) is 2.65. The minimum atomic E-state index is -1.59. The highest BCUT2D eigenvalue weighted by Gasteiger charge is 2.48. The Morgan fingerprint density at radius 1 is 0.429 bits per heavy atom. The number of Topliss-reactive ketones (excluding diaryl/α,β-unsaturated/α-hetero) is 4. The number of aliphatic hydroxyl groups is 2. The van der Waals surface area contributed by atoms with Gasteiger partial charge in [-0.05, 0) is 106 Å². The lowest BCUT2D eigenvalue weighted by Crippen LogP contribution is -2.50. The molecular formula is C101H142N8O31. The molecule has 39 nitrogen and oxygen atoms in total. The second-order valence-corrected chi connectivity index (χ2v) is 35.2.